The summed E-state index contributed by atoms with van der Waals surface area (Å²) in [5.41, 5.74) is -1.38. The number of sulfonamides is 1. The highest BCUT2D eigenvalue weighted by molar-refractivity contribution is 7.90. The van der Waals surface area contributed by atoms with Gasteiger partial charge in [0.25, 0.3) is 0 Å². The molecule has 12 heteroatoms. The highest BCUT2D eigenvalue weighted by Gasteiger charge is 2.43. The Labute approximate surface area is 174 Å². The van der Waals surface area contributed by atoms with Crippen molar-refractivity contribution in [3.8, 4) is 0 Å². The zero-order valence-electron chi connectivity index (χ0n) is 16.0. The lowest BCUT2D eigenvalue weighted by atomic mass is 10.0. The van der Waals surface area contributed by atoms with E-state index in [-0.39, 0.29) is 18.7 Å². The van der Waals surface area contributed by atoms with Gasteiger partial charge in [-0.1, -0.05) is 30.3 Å². The van der Waals surface area contributed by atoms with Crippen LogP contribution in [0, 0.1) is 0 Å². The number of halogens is 6. The minimum Gasteiger partial charge on any atom is -0.297 e. The topological polar surface area (TPSA) is 58.6 Å². The highest BCUT2D eigenvalue weighted by Crippen LogP contribution is 2.36. The van der Waals surface area contributed by atoms with Crippen molar-refractivity contribution < 1.29 is 39.6 Å². The first-order valence-corrected chi connectivity index (χ1v) is 10.5. The molecule has 0 aromatic heterocycles. The Balaban J connectivity index is 1.78. The van der Waals surface area contributed by atoms with E-state index in [0.717, 1.165) is 24.3 Å². The number of benzene rings is 2. The van der Waals surface area contributed by atoms with E-state index in [1.54, 1.807) is 0 Å². The van der Waals surface area contributed by atoms with Crippen LogP contribution in [-0.4, -0.2) is 32.4 Å². The molecular formula is C19H18F6N2O3S. The summed E-state index contributed by atoms with van der Waals surface area (Å²) in [6, 6.07) is 7.38. The number of alkyl halides is 6. The van der Waals surface area contributed by atoms with E-state index >= 15 is 0 Å². The van der Waals surface area contributed by atoms with Gasteiger partial charge in [0.1, 0.15) is 5.25 Å². The molecule has 0 spiro atoms. The Morgan fingerprint density at radius 1 is 1.00 bits per heavy atom. The molecule has 0 amide bonds. The first-order chi connectivity index (χ1) is 14.3. The summed E-state index contributed by atoms with van der Waals surface area (Å²) >= 11 is 0. The third-order valence-electron chi connectivity index (χ3n) is 4.90. The predicted octanol–water partition coefficient (Wildman–Crippen LogP) is 4.13. The van der Waals surface area contributed by atoms with Gasteiger partial charge in [0.05, 0.1) is 23.8 Å². The predicted molar refractivity (Wildman–Crippen MR) is 98.9 cm³/mol. The fourth-order valence-electron chi connectivity index (χ4n) is 3.30. The maximum Gasteiger partial charge on any atom is 0.416 e. The standard InChI is InChI=1S/C19H18F6N2O3S/c1-27-17(13-5-7-14(8-6-13)18(20,21)22)16(11-30-27)31(28,29)26-10-12-3-2-4-15(9-12)19(23,24)25/h2-9,16-17,26H,10-11H2,1H3/t16-,17+/m1/s1. The summed E-state index contributed by atoms with van der Waals surface area (Å²) in [7, 11) is -2.65. The molecule has 31 heavy (non-hydrogen) atoms. The van der Waals surface area contributed by atoms with Crippen LogP contribution in [0.5, 0.6) is 0 Å². The smallest absolute Gasteiger partial charge is 0.297 e. The van der Waals surface area contributed by atoms with Gasteiger partial charge >= 0.3 is 12.4 Å². The van der Waals surface area contributed by atoms with Gasteiger partial charge in [0, 0.05) is 13.6 Å². The molecule has 1 N–H and O–H groups in total. The van der Waals surface area contributed by atoms with Gasteiger partial charge in [-0.3, -0.25) is 4.84 Å². The molecule has 1 aliphatic rings. The van der Waals surface area contributed by atoms with E-state index in [1.165, 1.54) is 36.4 Å². The zero-order valence-corrected chi connectivity index (χ0v) is 16.9. The van der Waals surface area contributed by atoms with Gasteiger partial charge in [-0.2, -0.15) is 31.4 Å². The van der Waals surface area contributed by atoms with Crippen LogP contribution in [0.3, 0.4) is 0 Å². The van der Waals surface area contributed by atoms with Crippen molar-refractivity contribution in [3.63, 3.8) is 0 Å². The molecule has 1 saturated heterocycles. The summed E-state index contributed by atoms with van der Waals surface area (Å²) < 4.78 is 105. The summed E-state index contributed by atoms with van der Waals surface area (Å²) in [6.07, 6.45) is -9.10. The maximum atomic E-state index is 12.8. The van der Waals surface area contributed by atoms with Crippen molar-refractivity contribution in [2.45, 2.75) is 30.2 Å². The Morgan fingerprint density at radius 2 is 1.61 bits per heavy atom. The van der Waals surface area contributed by atoms with Gasteiger partial charge in [-0.15, -0.1) is 0 Å². The number of nitrogens with zero attached hydrogens (tertiary/aromatic N) is 1. The minimum atomic E-state index is -4.56. The normalized spacial score (nSPS) is 20.9. The van der Waals surface area contributed by atoms with Gasteiger partial charge in [-0.05, 0) is 29.3 Å². The SMILES string of the molecule is CN1OC[C@@H](S(=O)(=O)NCc2cccc(C(F)(F)F)c2)[C@@H]1c1ccc(C(F)(F)F)cc1. The van der Waals surface area contributed by atoms with Gasteiger partial charge < -0.3 is 0 Å². The summed E-state index contributed by atoms with van der Waals surface area (Å²) in [4.78, 5) is 5.28. The van der Waals surface area contributed by atoms with Crippen LogP contribution in [-0.2, 0) is 33.8 Å². The van der Waals surface area contributed by atoms with Crippen molar-refractivity contribution in [2.75, 3.05) is 13.7 Å². The van der Waals surface area contributed by atoms with Gasteiger partial charge in [0.15, 0.2) is 0 Å². The largest absolute Gasteiger partial charge is 0.416 e. The molecule has 0 aliphatic carbocycles. The van der Waals surface area contributed by atoms with Crippen LogP contribution < -0.4 is 4.72 Å². The highest BCUT2D eigenvalue weighted by atomic mass is 32.2. The molecule has 1 aliphatic heterocycles. The molecule has 1 fully saturated rings. The Kier molecular flexibility index (Phi) is 6.38. The fourth-order valence-corrected chi connectivity index (χ4v) is 4.79. The molecule has 0 radical (unpaired) electrons. The molecule has 0 saturated carbocycles. The van der Waals surface area contributed by atoms with E-state index < -0.39 is 44.8 Å². The monoisotopic (exact) mass is 468 g/mol. The van der Waals surface area contributed by atoms with E-state index in [2.05, 4.69) is 4.72 Å². The van der Waals surface area contributed by atoms with Crippen molar-refractivity contribution in [1.29, 1.82) is 0 Å². The van der Waals surface area contributed by atoms with Crippen LogP contribution in [0.4, 0.5) is 26.3 Å². The summed E-state index contributed by atoms with van der Waals surface area (Å²) in [6.45, 7) is -0.647. The van der Waals surface area contributed by atoms with Crippen LogP contribution in [0.1, 0.15) is 28.3 Å². The average molecular weight is 468 g/mol. The number of rotatable bonds is 5. The molecule has 2 atom stereocenters. The number of hydrogen-bond donors (Lipinski definition) is 1. The molecule has 1 heterocycles. The van der Waals surface area contributed by atoms with E-state index in [9.17, 15) is 34.8 Å². The zero-order chi connectivity index (χ0) is 23.0. The van der Waals surface area contributed by atoms with Crippen molar-refractivity contribution in [1.82, 2.24) is 9.79 Å². The molecule has 5 nitrogen and oxygen atoms in total. The van der Waals surface area contributed by atoms with E-state index in [0.29, 0.717) is 5.56 Å². The molecule has 0 unspecified atom stereocenters. The molecule has 3 rings (SSSR count). The molecule has 170 valence electrons. The maximum absolute atomic E-state index is 12.8. The van der Waals surface area contributed by atoms with E-state index in [1.807, 2.05) is 0 Å². The Bertz CT molecular complexity index is 1020. The van der Waals surface area contributed by atoms with Crippen LogP contribution >= 0.6 is 0 Å². The number of hydroxylamine groups is 2. The first-order valence-electron chi connectivity index (χ1n) is 8.96. The van der Waals surface area contributed by atoms with E-state index in [4.69, 9.17) is 4.84 Å². The molecule has 2 aromatic rings. The van der Waals surface area contributed by atoms with Crippen LogP contribution in [0.2, 0.25) is 0 Å². The number of hydrogen-bond acceptors (Lipinski definition) is 4. The third kappa shape index (κ3) is 5.37. The molecule has 2 aromatic carbocycles. The molecule has 0 bridgehead atoms. The second-order valence-corrected chi connectivity index (χ2v) is 8.99. The summed E-state index contributed by atoms with van der Waals surface area (Å²) in [5.74, 6) is 0. The lowest BCUT2D eigenvalue weighted by Crippen LogP contribution is -2.39. The minimum absolute atomic E-state index is 0.108. The second kappa shape index (κ2) is 8.41. The van der Waals surface area contributed by atoms with Crippen LogP contribution in [0.15, 0.2) is 48.5 Å². The fraction of sp³-hybridized carbons (Fsp3) is 0.368. The van der Waals surface area contributed by atoms with Gasteiger partial charge in [-0.25, -0.2) is 13.1 Å². The Hall–Kier alpha value is -2.15. The van der Waals surface area contributed by atoms with Crippen molar-refractivity contribution >= 4 is 10.0 Å². The number of nitrogens with one attached hydrogen (secondary N) is 1. The second-order valence-electron chi connectivity index (χ2n) is 7.01. The quantitative estimate of drug-likeness (QED) is 0.671. The first kappa shape index (κ1) is 23.5. The average Bonchev–Trinajstić information content (AvgIpc) is 3.08. The third-order valence-corrected chi connectivity index (χ3v) is 6.63. The summed E-state index contributed by atoms with van der Waals surface area (Å²) in [5, 5.41) is 0.0524. The van der Waals surface area contributed by atoms with Crippen LogP contribution in [0.25, 0.3) is 0 Å². The molecular weight excluding hydrogens is 450 g/mol. The lowest BCUT2D eigenvalue weighted by Gasteiger charge is -2.23. The Morgan fingerprint density at radius 3 is 2.19 bits per heavy atom. The van der Waals surface area contributed by atoms with Gasteiger partial charge in [0.2, 0.25) is 10.0 Å². The van der Waals surface area contributed by atoms with Crippen molar-refractivity contribution in [2.24, 2.45) is 0 Å². The van der Waals surface area contributed by atoms with Crippen molar-refractivity contribution in [3.05, 3.63) is 70.8 Å². The lowest BCUT2D eigenvalue weighted by molar-refractivity contribution is -0.138.